The van der Waals surface area contributed by atoms with Gasteiger partial charge >= 0.3 is 5.97 Å². The predicted octanol–water partition coefficient (Wildman–Crippen LogP) is 1.38. The molecular formula is C9H10ClNO2. The van der Waals surface area contributed by atoms with E-state index in [1.165, 1.54) is 0 Å². The molecule has 0 radical (unpaired) electrons. The van der Waals surface area contributed by atoms with Crippen LogP contribution in [0.5, 0.6) is 0 Å². The van der Waals surface area contributed by atoms with E-state index in [9.17, 15) is 4.79 Å². The van der Waals surface area contributed by atoms with Crippen LogP contribution in [0.25, 0.3) is 0 Å². The maximum absolute atomic E-state index is 10.5. The molecule has 4 heteroatoms. The van der Waals surface area contributed by atoms with Crippen molar-refractivity contribution in [3.8, 4) is 0 Å². The highest BCUT2D eigenvalue weighted by molar-refractivity contribution is 6.22. The molecule has 0 bridgehead atoms. The average molecular weight is 200 g/mol. The maximum atomic E-state index is 10.5. The third-order valence-corrected chi connectivity index (χ3v) is 2.24. The number of rotatable bonds is 3. The fraction of sp³-hybridized carbons (Fsp3) is 0.222. The monoisotopic (exact) mass is 199 g/mol. The summed E-state index contributed by atoms with van der Waals surface area (Å²) in [5.74, 6) is -1.09. The molecule has 0 aromatic heterocycles. The van der Waals surface area contributed by atoms with Crippen LogP contribution in [0.15, 0.2) is 30.3 Å². The first-order valence-electron chi connectivity index (χ1n) is 3.80. The third-order valence-electron chi connectivity index (χ3n) is 1.72. The Labute approximate surface area is 81.1 Å². The number of alkyl halides is 1. The fourth-order valence-electron chi connectivity index (χ4n) is 0.969. The number of nitrogens with two attached hydrogens (primary N) is 1. The lowest BCUT2D eigenvalue weighted by Gasteiger charge is -2.13. The van der Waals surface area contributed by atoms with E-state index in [1.54, 1.807) is 24.3 Å². The van der Waals surface area contributed by atoms with Gasteiger partial charge in [0.05, 0.1) is 5.38 Å². The van der Waals surface area contributed by atoms with E-state index >= 15 is 0 Å². The highest BCUT2D eigenvalue weighted by Crippen LogP contribution is 2.22. The maximum Gasteiger partial charge on any atom is 0.322 e. The molecule has 0 spiro atoms. The van der Waals surface area contributed by atoms with E-state index in [0.717, 1.165) is 5.56 Å². The molecule has 2 atom stereocenters. The summed E-state index contributed by atoms with van der Waals surface area (Å²) in [5.41, 5.74) is 6.08. The molecule has 0 saturated carbocycles. The normalized spacial score (nSPS) is 14.9. The molecule has 0 heterocycles. The van der Waals surface area contributed by atoms with Crippen LogP contribution in [0.2, 0.25) is 0 Å². The molecule has 3 N–H and O–H groups in total. The molecule has 0 aliphatic carbocycles. The Bertz CT molecular complexity index is 289. The van der Waals surface area contributed by atoms with Crippen molar-refractivity contribution < 1.29 is 9.90 Å². The second kappa shape index (κ2) is 4.25. The van der Waals surface area contributed by atoms with Crippen molar-refractivity contribution in [2.75, 3.05) is 0 Å². The molecule has 0 amide bonds. The molecule has 0 aliphatic heterocycles. The Morgan fingerprint density at radius 2 is 1.92 bits per heavy atom. The lowest BCUT2D eigenvalue weighted by atomic mass is 10.1. The van der Waals surface area contributed by atoms with Gasteiger partial charge in [-0.25, -0.2) is 0 Å². The van der Waals surface area contributed by atoms with Gasteiger partial charge < -0.3 is 10.8 Å². The van der Waals surface area contributed by atoms with Crippen molar-refractivity contribution in [1.29, 1.82) is 0 Å². The molecular weight excluding hydrogens is 190 g/mol. The molecule has 1 aromatic carbocycles. The first-order valence-corrected chi connectivity index (χ1v) is 4.24. The van der Waals surface area contributed by atoms with E-state index in [4.69, 9.17) is 22.4 Å². The summed E-state index contributed by atoms with van der Waals surface area (Å²) in [7, 11) is 0. The topological polar surface area (TPSA) is 63.3 Å². The van der Waals surface area contributed by atoms with Crippen LogP contribution in [-0.4, -0.2) is 17.1 Å². The summed E-state index contributed by atoms with van der Waals surface area (Å²) in [6.07, 6.45) is 0. The summed E-state index contributed by atoms with van der Waals surface area (Å²) in [5, 5.41) is 7.92. The molecule has 0 fully saturated rings. The second-order valence-electron chi connectivity index (χ2n) is 2.68. The van der Waals surface area contributed by atoms with Crippen molar-refractivity contribution in [1.82, 2.24) is 0 Å². The number of hydrogen-bond donors (Lipinski definition) is 2. The Morgan fingerprint density at radius 1 is 1.38 bits per heavy atom. The Morgan fingerprint density at radius 3 is 2.38 bits per heavy atom. The third kappa shape index (κ3) is 2.44. The SMILES string of the molecule is N[C@@H](C(=O)O)C(Cl)c1ccccc1. The predicted molar refractivity (Wildman–Crippen MR) is 50.6 cm³/mol. The van der Waals surface area contributed by atoms with Gasteiger partial charge in [-0.2, -0.15) is 0 Å². The number of halogens is 1. The smallest absolute Gasteiger partial charge is 0.322 e. The van der Waals surface area contributed by atoms with Crippen LogP contribution in [0.4, 0.5) is 0 Å². The van der Waals surface area contributed by atoms with Crippen molar-refractivity contribution in [2.24, 2.45) is 5.73 Å². The van der Waals surface area contributed by atoms with Crippen molar-refractivity contribution >= 4 is 17.6 Å². The van der Waals surface area contributed by atoms with Crippen molar-refractivity contribution in [3.05, 3.63) is 35.9 Å². The first-order chi connectivity index (χ1) is 6.13. The lowest BCUT2D eigenvalue weighted by molar-refractivity contribution is -0.138. The number of benzene rings is 1. The van der Waals surface area contributed by atoms with Gasteiger partial charge in [-0.05, 0) is 5.56 Å². The number of aliphatic carboxylic acids is 1. The quantitative estimate of drug-likeness (QED) is 0.723. The molecule has 13 heavy (non-hydrogen) atoms. The highest BCUT2D eigenvalue weighted by Gasteiger charge is 2.22. The summed E-state index contributed by atoms with van der Waals surface area (Å²) >= 11 is 5.85. The number of carbonyl (C=O) groups is 1. The summed E-state index contributed by atoms with van der Waals surface area (Å²) in [6.45, 7) is 0. The Kier molecular flexibility index (Phi) is 3.28. The standard InChI is InChI=1S/C9H10ClNO2/c10-7(8(11)9(12)13)6-4-2-1-3-5-6/h1-5,7-8H,11H2,(H,12,13)/t7?,8-/m1/s1. The van der Waals surface area contributed by atoms with Gasteiger partial charge in [0.2, 0.25) is 0 Å². The first kappa shape index (κ1) is 10.0. The zero-order chi connectivity index (χ0) is 9.84. The number of hydrogen-bond acceptors (Lipinski definition) is 2. The van der Waals surface area contributed by atoms with Gasteiger partial charge in [0, 0.05) is 0 Å². The van der Waals surface area contributed by atoms with Crippen molar-refractivity contribution in [3.63, 3.8) is 0 Å². The molecule has 1 unspecified atom stereocenters. The molecule has 0 aliphatic rings. The van der Waals surface area contributed by atoms with Gasteiger partial charge in [-0.3, -0.25) is 4.79 Å². The highest BCUT2D eigenvalue weighted by atomic mass is 35.5. The van der Waals surface area contributed by atoms with Crippen molar-refractivity contribution in [2.45, 2.75) is 11.4 Å². The minimum Gasteiger partial charge on any atom is -0.480 e. The Hall–Kier alpha value is -1.06. The molecule has 0 saturated heterocycles. The van der Waals surface area contributed by atoms with Gasteiger partial charge in [0.1, 0.15) is 6.04 Å². The van der Waals surface area contributed by atoms with E-state index in [0.29, 0.717) is 0 Å². The van der Waals surface area contributed by atoms with Gasteiger partial charge in [-0.1, -0.05) is 30.3 Å². The summed E-state index contributed by atoms with van der Waals surface area (Å²) < 4.78 is 0. The van der Waals surface area contributed by atoms with Crippen LogP contribution < -0.4 is 5.73 Å². The van der Waals surface area contributed by atoms with E-state index in [2.05, 4.69) is 0 Å². The zero-order valence-corrected chi connectivity index (χ0v) is 7.61. The number of carboxylic acid groups (broad SMARTS) is 1. The minimum absolute atomic E-state index is 0.682. The van der Waals surface area contributed by atoms with E-state index in [1.807, 2.05) is 6.07 Å². The van der Waals surface area contributed by atoms with Crippen LogP contribution in [0, 0.1) is 0 Å². The van der Waals surface area contributed by atoms with Gasteiger partial charge in [-0.15, -0.1) is 11.6 Å². The number of carboxylic acids is 1. The van der Waals surface area contributed by atoms with Crippen LogP contribution in [-0.2, 0) is 4.79 Å². The van der Waals surface area contributed by atoms with Gasteiger partial charge in [0.15, 0.2) is 0 Å². The van der Waals surface area contributed by atoms with E-state index in [-0.39, 0.29) is 0 Å². The van der Waals surface area contributed by atoms with E-state index < -0.39 is 17.4 Å². The largest absolute Gasteiger partial charge is 0.480 e. The minimum atomic E-state index is -1.09. The Balaban J connectivity index is 2.79. The molecule has 1 rings (SSSR count). The summed E-state index contributed by atoms with van der Waals surface area (Å²) in [6, 6.07) is 7.85. The molecule has 70 valence electrons. The van der Waals surface area contributed by atoms with Gasteiger partial charge in [0.25, 0.3) is 0 Å². The molecule has 1 aromatic rings. The fourth-order valence-corrected chi connectivity index (χ4v) is 1.22. The summed E-state index contributed by atoms with van der Waals surface area (Å²) in [4.78, 5) is 10.5. The zero-order valence-electron chi connectivity index (χ0n) is 6.85. The second-order valence-corrected chi connectivity index (χ2v) is 3.15. The molecule has 3 nitrogen and oxygen atoms in total. The van der Waals surface area contributed by atoms with Crippen LogP contribution >= 0.6 is 11.6 Å². The average Bonchev–Trinajstić information content (AvgIpc) is 2.17. The van der Waals surface area contributed by atoms with Crippen LogP contribution in [0.1, 0.15) is 10.9 Å². The lowest BCUT2D eigenvalue weighted by Crippen LogP contribution is -2.34. The van der Waals surface area contributed by atoms with Crippen LogP contribution in [0.3, 0.4) is 0 Å².